The van der Waals surface area contributed by atoms with Crippen LogP contribution in [0.3, 0.4) is 0 Å². The van der Waals surface area contributed by atoms with Crippen molar-refractivity contribution in [2.75, 3.05) is 12.4 Å². The number of ether oxygens (including phenoxy) is 1. The maximum atomic E-state index is 12.1. The number of hydrogen-bond donors (Lipinski definition) is 1. The number of carbonyl (C=O) groups is 1. The number of carbonyl (C=O) groups excluding carboxylic acids is 1. The SMILES string of the molecule is CCCCCCC(C)(Nc1cccc(Br)c1)C(=O)OC. The summed E-state index contributed by atoms with van der Waals surface area (Å²) in [4.78, 5) is 12.1. The van der Waals surface area contributed by atoms with E-state index in [1.807, 2.05) is 31.2 Å². The highest BCUT2D eigenvalue weighted by molar-refractivity contribution is 9.10. The molecular formula is C16H24BrNO2. The van der Waals surface area contributed by atoms with Crippen LogP contribution in [0, 0.1) is 0 Å². The molecule has 0 saturated heterocycles. The van der Waals surface area contributed by atoms with E-state index in [9.17, 15) is 4.79 Å². The van der Waals surface area contributed by atoms with E-state index in [2.05, 4.69) is 28.2 Å². The Morgan fingerprint density at radius 2 is 2.10 bits per heavy atom. The Hall–Kier alpha value is -1.03. The molecule has 112 valence electrons. The Morgan fingerprint density at radius 3 is 2.70 bits per heavy atom. The molecule has 0 heterocycles. The van der Waals surface area contributed by atoms with Crippen LogP contribution in [0.2, 0.25) is 0 Å². The Bertz CT molecular complexity index is 436. The van der Waals surface area contributed by atoms with Gasteiger partial charge in [0, 0.05) is 10.2 Å². The van der Waals surface area contributed by atoms with Crippen molar-refractivity contribution in [2.45, 2.75) is 51.5 Å². The molecule has 0 aromatic heterocycles. The predicted octanol–water partition coefficient (Wildman–Crippen LogP) is 4.76. The van der Waals surface area contributed by atoms with Gasteiger partial charge in [0.05, 0.1) is 7.11 Å². The highest BCUT2D eigenvalue weighted by Gasteiger charge is 2.33. The van der Waals surface area contributed by atoms with Gasteiger partial charge in [0.1, 0.15) is 5.54 Å². The molecule has 0 spiro atoms. The molecule has 1 rings (SSSR count). The molecule has 1 aromatic carbocycles. The third-order valence-corrected chi connectivity index (χ3v) is 3.90. The summed E-state index contributed by atoms with van der Waals surface area (Å²) < 4.78 is 5.95. The number of nitrogens with one attached hydrogen (secondary N) is 1. The van der Waals surface area contributed by atoms with Crippen LogP contribution in [0.15, 0.2) is 28.7 Å². The van der Waals surface area contributed by atoms with Gasteiger partial charge in [-0.2, -0.15) is 0 Å². The van der Waals surface area contributed by atoms with Gasteiger partial charge in [-0.15, -0.1) is 0 Å². The number of unbranched alkanes of at least 4 members (excludes halogenated alkanes) is 3. The van der Waals surface area contributed by atoms with Gasteiger partial charge in [-0.05, 0) is 31.5 Å². The summed E-state index contributed by atoms with van der Waals surface area (Å²) in [6.07, 6.45) is 5.32. The normalized spacial score (nSPS) is 13.6. The van der Waals surface area contributed by atoms with E-state index >= 15 is 0 Å². The van der Waals surface area contributed by atoms with Gasteiger partial charge in [0.25, 0.3) is 0 Å². The standard InChI is InChI=1S/C16H24BrNO2/c1-4-5-6-7-11-16(2,15(19)20-3)18-14-10-8-9-13(17)12-14/h8-10,12,18H,4-7,11H2,1-3H3. The lowest BCUT2D eigenvalue weighted by Crippen LogP contribution is -2.44. The van der Waals surface area contributed by atoms with Crippen LogP contribution in [0.25, 0.3) is 0 Å². The highest BCUT2D eigenvalue weighted by Crippen LogP contribution is 2.25. The van der Waals surface area contributed by atoms with Crippen molar-refractivity contribution in [3.8, 4) is 0 Å². The molecule has 0 fully saturated rings. The molecule has 1 N–H and O–H groups in total. The van der Waals surface area contributed by atoms with Crippen LogP contribution in [-0.4, -0.2) is 18.6 Å². The lowest BCUT2D eigenvalue weighted by molar-refractivity contribution is -0.145. The number of anilines is 1. The molecule has 0 aliphatic heterocycles. The van der Waals surface area contributed by atoms with E-state index in [-0.39, 0.29) is 5.97 Å². The first-order valence-electron chi connectivity index (χ1n) is 7.14. The molecule has 3 nitrogen and oxygen atoms in total. The lowest BCUT2D eigenvalue weighted by atomic mass is 9.93. The summed E-state index contributed by atoms with van der Waals surface area (Å²) in [7, 11) is 1.44. The van der Waals surface area contributed by atoms with E-state index < -0.39 is 5.54 Å². The van der Waals surface area contributed by atoms with Crippen LogP contribution in [0.5, 0.6) is 0 Å². The minimum Gasteiger partial charge on any atom is -0.467 e. The van der Waals surface area contributed by atoms with Crippen molar-refractivity contribution < 1.29 is 9.53 Å². The van der Waals surface area contributed by atoms with Crippen LogP contribution < -0.4 is 5.32 Å². The number of rotatable bonds is 8. The average Bonchev–Trinajstić information content (AvgIpc) is 2.42. The summed E-state index contributed by atoms with van der Waals surface area (Å²) >= 11 is 3.44. The third-order valence-electron chi connectivity index (χ3n) is 3.41. The number of halogens is 1. The fourth-order valence-electron chi connectivity index (χ4n) is 2.23. The first-order valence-corrected chi connectivity index (χ1v) is 7.93. The van der Waals surface area contributed by atoms with Crippen LogP contribution in [0.1, 0.15) is 46.0 Å². The molecule has 1 unspecified atom stereocenters. The Balaban J connectivity index is 2.74. The quantitative estimate of drug-likeness (QED) is 0.547. The summed E-state index contributed by atoms with van der Waals surface area (Å²) in [5.41, 5.74) is 0.242. The molecule has 0 saturated carbocycles. The first-order chi connectivity index (χ1) is 9.51. The maximum Gasteiger partial charge on any atom is 0.331 e. The number of methoxy groups -OCH3 is 1. The smallest absolute Gasteiger partial charge is 0.331 e. The van der Waals surface area contributed by atoms with Crippen molar-refractivity contribution in [1.82, 2.24) is 0 Å². The molecule has 1 atom stereocenters. The summed E-state index contributed by atoms with van der Waals surface area (Å²) in [6.45, 7) is 4.09. The second-order valence-electron chi connectivity index (χ2n) is 5.27. The molecule has 0 radical (unpaired) electrons. The van der Waals surface area contributed by atoms with Crippen molar-refractivity contribution in [1.29, 1.82) is 0 Å². The Kier molecular flexibility index (Phi) is 7.06. The zero-order valence-corrected chi connectivity index (χ0v) is 14.1. The van der Waals surface area contributed by atoms with E-state index in [0.717, 1.165) is 29.4 Å². The van der Waals surface area contributed by atoms with E-state index in [4.69, 9.17) is 4.74 Å². The van der Waals surface area contributed by atoms with Gasteiger partial charge >= 0.3 is 5.97 Å². The zero-order chi connectivity index (χ0) is 15.0. The molecule has 1 aromatic rings. The topological polar surface area (TPSA) is 38.3 Å². The Labute approximate surface area is 130 Å². The average molecular weight is 342 g/mol. The van der Waals surface area contributed by atoms with Crippen LogP contribution >= 0.6 is 15.9 Å². The van der Waals surface area contributed by atoms with Gasteiger partial charge in [0.15, 0.2) is 0 Å². The molecule has 20 heavy (non-hydrogen) atoms. The van der Waals surface area contributed by atoms with Crippen molar-refractivity contribution >= 4 is 27.6 Å². The van der Waals surface area contributed by atoms with Gasteiger partial charge in [0.2, 0.25) is 0 Å². The second kappa shape index (κ2) is 8.30. The predicted molar refractivity (Wildman–Crippen MR) is 86.9 cm³/mol. The molecule has 0 aliphatic carbocycles. The second-order valence-corrected chi connectivity index (χ2v) is 6.19. The van der Waals surface area contributed by atoms with E-state index in [1.165, 1.54) is 20.0 Å². The molecule has 0 aliphatic rings. The van der Waals surface area contributed by atoms with E-state index in [0.29, 0.717) is 0 Å². The monoisotopic (exact) mass is 341 g/mol. The lowest BCUT2D eigenvalue weighted by Gasteiger charge is -2.29. The molecule has 0 bridgehead atoms. The minimum absolute atomic E-state index is 0.214. The largest absolute Gasteiger partial charge is 0.467 e. The van der Waals surface area contributed by atoms with Gasteiger partial charge in [-0.1, -0.05) is 54.6 Å². The molecule has 0 amide bonds. The minimum atomic E-state index is -0.677. The van der Waals surface area contributed by atoms with Gasteiger partial charge in [-0.25, -0.2) is 4.79 Å². The summed E-state index contributed by atoms with van der Waals surface area (Å²) in [5.74, 6) is -0.214. The highest BCUT2D eigenvalue weighted by atomic mass is 79.9. The molecule has 4 heteroatoms. The van der Waals surface area contributed by atoms with Crippen LogP contribution in [-0.2, 0) is 9.53 Å². The third kappa shape index (κ3) is 5.16. The van der Waals surface area contributed by atoms with E-state index in [1.54, 1.807) is 0 Å². The zero-order valence-electron chi connectivity index (χ0n) is 12.5. The number of hydrogen-bond acceptors (Lipinski definition) is 3. The van der Waals surface area contributed by atoms with Crippen molar-refractivity contribution in [3.63, 3.8) is 0 Å². The first kappa shape index (κ1) is 17.0. The number of esters is 1. The van der Waals surface area contributed by atoms with Gasteiger partial charge < -0.3 is 10.1 Å². The van der Waals surface area contributed by atoms with Crippen molar-refractivity contribution in [2.24, 2.45) is 0 Å². The molecular weight excluding hydrogens is 318 g/mol. The number of benzene rings is 1. The maximum absolute atomic E-state index is 12.1. The fourth-order valence-corrected chi connectivity index (χ4v) is 2.63. The fraction of sp³-hybridized carbons (Fsp3) is 0.562. The van der Waals surface area contributed by atoms with Crippen LogP contribution in [0.4, 0.5) is 5.69 Å². The Morgan fingerprint density at radius 1 is 1.35 bits per heavy atom. The summed E-state index contributed by atoms with van der Waals surface area (Å²) in [6, 6.07) is 7.83. The summed E-state index contributed by atoms with van der Waals surface area (Å²) in [5, 5.41) is 3.32. The van der Waals surface area contributed by atoms with Gasteiger partial charge in [-0.3, -0.25) is 0 Å². The van der Waals surface area contributed by atoms with Crippen molar-refractivity contribution in [3.05, 3.63) is 28.7 Å².